The van der Waals surface area contributed by atoms with Crippen molar-refractivity contribution >= 4 is 33.7 Å². The molecule has 0 saturated carbocycles. The van der Waals surface area contributed by atoms with E-state index < -0.39 is 0 Å². The van der Waals surface area contributed by atoms with E-state index >= 15 is 0 Å². The first-order chi connectivity index (χ1) is 14.1. The maximum Gasteiger partial charge on any atom is 0.236 e. The molecule has 2 aromatic heterocycles. The maximum atomic E-state index is 12.7. The Morgan fingerprint density at radius 3 is 2.52 bits per heavy atom. The van der Waals surface area contributed by atoms with Gasteiger partial charge in [-0.05, 0) is 41.8 Å². The first-order valence-corrected chi connectivity index (χ1v) is 11.0. The SMILES string of the molecule is CCCCC(=O)Sc1c(-c2ccccc2)nc2nc3ccc(C(C)C)ccc3n12. The van der Waals surface area contributed by atoms with Crippen molar-refractivity contribution < 1.29 is 4.79 Å². The summed E-state index contributed by atoms with van der Waals surface area (Å²) in [4.78, 5) is 22.2. The van der Waals surface area contributed by atoms with Crippen molar-refractivity contribution in [3.8, 4) is 11.3 Å². The molecule has 0 bridgehead atoms. The van der Waals surface area contributed by atoms with Crippen LogP contribution in [0.4, 0.5) is 0 Å². The lowest BCUT2D eigenvalue weighted by molar-refractivity contribution is -0.111. The van der Waals surface area contributed by atoms with Crippen molar-refractivity contribution in [3.63, 3.8) is 0 Å². The molecule has 4 aromatic rings. The minimum atomic E-state index is 0.170. The third-order valence-corrected chi connectivity index (χ3v) is 6.07. The van der Waals surface area contributed by atoms with Crippen LogP contribution in [0.3, 0.4) is 0 Å². The lowest BCUT2D eigenvalue weighted by Crippen LogP contribution is -1.94. The number of aromatic nitrogens is 3. The Bertz CT molecular complexity index is 1170. The molecule has 148 valence electrons. The number of benzene rings is 1. The van der Waals surface area contributed by atoms with Crippen LogP contribution in [0.2, 0.25) is 0 Å². The molecule has 29 heavy (non-hydrogen) atoms. The molecule has 0 aliphatic carbocycles. The van der Waals surface area contributed by atoms with Gasteiger partial charge in [-0.1, -0.05) is 69.7 Å². The summed E-state index contributed by atoms with van der Waals surface area (Å²) < 4.78 is 2.04. The molecule has 0 fully saturated rings. The molecule has 0 spiro atoms. The summed E-state index contributed by atoms with van der Waals surface area (Å²) in [5, 5.41) is 1.02. The van der Waals surface area contributed by atoms with Crippen LogP contribution in [-0.4, -0.2) is 19.5 Å². The third-order valence-electron chi connectivity index (χ3n) is 5.07. The lowest BCUT2D eigenvalue weighted by Gasteiger charge is -2.04. The summed E-state index contributed by atoms with van der Waals surface area (Å²) in [7, 11) is 0. The second kappa shape index (κ2) is 8.37. The minimum Gasteiger partial charge on any atom is -0.287 e. The van der Waals surface area contributed by atoms with Crippen molar-refractivity contribution in [2.45, 2.75) is 51.0 Å². The zero-order chi connectivity index (χ0) is 20.4. The highest BCUT2D eigenvalue weighted by Crippen LogP contribution is 2.35. The summed E-state index contributed by atoms with van der Waals surface area (Å²) in [6.45, 7) is 6.47. The van der Waals surface area contributed by atoms with E-state index in [4.69, 9.17) is 9.97 Å². The average Bonchev–Trinajstić information content (AvgIpc) is 3.15. The van der Waals surface area contributed by atoms with Gasteiger partial charge in [0.25, 0.3) is 0 Å². The van der Waals surface area contributed by atoms with E-state index in [1.165, 1.54) is 17.3 Å². The number of carbonyl (C=O) groups is 1. The first-order valence-electron chi connectivity index (χ1n) is 10.2. The van der Waals surface area contributed by atoms with Crippen LogP contribution in [0.1, 0.15) is 51.5 Å². The third kappa shape index (κ3) is 3.92. The van der Waals surface area contributed by atoms with Gasteiger partial charge in [-0.15, -0.1) is 0 Å². The molecular weight excluding hydrogens is 378 g/mol. The van der Waals surface area contributed by atoms with Gasteiger partial charge in [-0.3, -0.25) is 9.20 Å². The molecular formula is C24H25N3OS. The van der Waals surface area contributed by atoms with Gasteiger partial charge in [-0.25, -0.2) is 9.97 Å². The largest absolute Gasteiger partial charge is 0.287 e. The van der Waals surface area contributed by atoms with Gasteiger partial charge in [0, 0.05) is 12.0 Å². The second-order valence-electron chi connectivity index (χ2n) is 7.55. The summed E-state index contributed by atoms with van der Waals surface area (Å²) >= 11 is 1.29. The molecule has 4 nitrogen and oxygen atoms in total. The number of hydrogen-bond acceptors (Lipinski definition) is 4. The van der Waals surface area contributed by atoms with E-state index in [0.29, 0.717) is 18.1 Å². The van der Waals surface area contributed by atoms with Crippen LogP contribution in [0, 0.1) is 0 Å². The normalized spacial score (nSPS) is 11.6. The highest BCUT2D eigenvalue weighted by atomic mass is 32.2. The van der Waals surface area contributed by atoms with Crippen LogP contribution in [0.25, 0.3) is 28.1 Å². The number of thioether (sulfide) groups is 1. The number of rotatable bonds is 6. The fourth-order valence-electron chi connectivity index (χ4n) is 3.40. The lowest BCUT2D eigenvalue weighted by atomic mass is 10.1. The Labute approximate surface area is 175 Å². The number of fused-ring (bicyclic) bond motifs is 3. The summed E-state index contributed by atoms with van der Waals surface area (Å²) in [6.07, 6.45) is 2.48. The van der Waals surface area contributed by atoms with Gasteiger partial charge in [0.05, 0.1) is 11.0 Å². The molecule has 5 heteroatoms. The highest BCUT2D eigenvalue weighted by Gasteiger charge is 2.21. The van der Waals surface area contributed by atoms with Crippen molar-refractivity contribution in [3.05, 3.63) is 60.2 Å². The Morgan fingerprint density at radius 2 is 1.79 bits per heavy atom. The van der Waals surface area contributed by atoms with Gasteiger partial charge in [0.15, 0.2) is 5.12 Å². The molecule has 0 amide bonds. The number of carbonyl (C=O) groups excluding carboxylic acids is 1. The molecule has 0 aliphatic rings. The number of nitrogens with zero attached hydrogens (tertiary/aromatic N) is 3. The van der Waals surface area contributed by atoms with Gasteiger partial charge in [-0.2, -0.15) is 0 Å². The number of unbranched alkanes of at least 4 members (excludes halogenated alkanes) is 1. The quantitative estimate of drug-likeness (QED) is 0.346. The van der Waals surface area contributed by atoms with Gasteiger partial charge < -0.3 is 0 Å². The molecule has 0 saturated heterocycles. The molecule has 0 atom stereocenters. The smallest absolute Gasteiger partial charge is 0.236 e. The molecule has 2 aromatic carbocycles. The first kappa shape index (κ1) is 19.6. The summed E-state index contributed by atoms with van der Waals surface area (Å²) in [6, 6.07) is 18.4. The van der Waals surface area contributed by atoms with Crippen molar-refractivity contribution in [2.24, 2.45) is 0 Å². The summed E-state index contributed by atoms with van der Waals surface area (Å²) in [5.41, 5.74) is 4.95. The van der Waals surface area contributed by atoms with Crippen molar-refractivity contribution in [1.82, 2.24) is 14.4 Å². The fourth-order valence-corrected chi connectivity index (χ4v) is 4.39. The standard InChI is InChI=1S/C24H25N3OS/c1-4-5-11-21(28)29-23-22(18-9-7-6-8-10-18)26-24-25-19-14-12-17(16(2)3)13-15-20(19)27(23)24/h6-10,12-16H,4-5,11H2,1-3H3. The van der Waals surface area contributed by atoms with E-state index in [9.17, 15) is 4.79 Å². The predicted octanol–water partition coefficient (Wildman–Crippen LogP) is 6.48. The van der Waals surface area contributed by atoms with Gasteiger partial charge in [0.1, 0.15) is 10.7 Å². The fraction of sp³-hybridized carbons (Fsp3) is 0.292. The van der Waals surface area contributed by atoms with E-state index in [1.54, 1.807) is 0 Å². The zero-order valence-corrected chi connectivity index (χ0v) is 17.9. The monoisotopic (exact) mass is 403 g/mol. The Balaban J connectivity index is 1.92. The van der Waals surface area contributed by atoms with Crippen LogP contribution < -0.4 is 0 Å². The maximum absolute atomic E-state index is 12.7. The molecule has 0 aliphatic heterocycles. The molecule has 0 unspecified atom stereocenters. The van der Waals surface area contributed by atoms with Crippen LogP contribution >= 0.6 is 11.8 Å². The van der Waals surface area contributed by atoms with Gasteiger partial charge >= 0.3 is 0 Å². The molecule has 0 N–H and O–H groups in total. The predicted molar refractivity (Wildman–Crippen MR) is 120 cm³/mol. The van der Waals surface area contributed by atoms with Crippen LogP contribution in [-0.2, 0) is 4.79 Å². The molecule has 4 rings (SSSR count). The van der Waals surface area contributed by atoms with E-state index in [2.05, 4.69) is 45.0 Å². The van der Waals surface area contributed by atoms with Crippen LogP contribution in [0.5, 0.6) is 0 Å². The average molecular weight is 404 g/mol. The number of hydrogen-bond donors (Lipinski definition) is 0. The molecule has 2 heterocycles. The Hall–Kier alpha value is -2.66. The zero-order valence-electron chi connectivity index (χ0n) is 17.1. The van der Waals surface area contributed by atoms with Crippen molar-refractivity contribution in [1.29, 1.82) is 0 Å². The topological polar surface area (TPSA) is 47.3 Å². The van der Waals surface area contributed by atoms with E-state index in [1.807, 2.05) is 34.7 Å². The summed E-state index contributed by atoms with van der Waals surface area (Å²) in [5.74, 6) is 1.08. The second-order valence-corrected chi connectivity index (χ2v) is 8.59. The highest BCUT2D eigenvalue weighted by molar-refractivity contribution is 8.13. The van der Waals surface area contributed by atoms with Crippen molar-refractivity contribution in [2.75, 3.05) is 0 Å². The Morgan fingerprint density at radius 1 is 1.03 bits per heavy atom. The minimum absolute atomic E-state index is 0.170. The molecule has 0 radical (unpaired) electrons. The van der Waals surface area contributed by atoms with E-state index in [0.717, 1.165) is 40.2 Å². The van der Waals surface area contributed by atoms with Gasteiger partial charge in [0.2, 0.25) is 5.78 Å². The Kier molecular flexibility index (Phi) is 5.67. The van der Waals surface area contributed by atoms with E-state index in [-0.39, 0.29) is 5.12 Å². The number of imidazole rings is 2. The van der Waals surface area contributed by atoms with Crippen LogP contribution in [0.15, 0.2) is 59.6 Å².